The fourth-order valence-electron chi connectivity index (χ4n) is 3.48. The molecular formula is C14H22N2O3S. The van der Waals surface area contributed by atoms with Crippen molar-refractivity contribution in [3.63, 3.8) is 0 Å². The molecule has 0 unspecified atom stereocenters. The van der Waals surface area contributed by atoms with Gasteiger partial charge in [-0.2, -0.15) is 5.10 Å². The zero-order valence-corrected chi connectivity index (χ0v) is 12.7. The molecule has 2 aliphatic rings. The van der Waals surface area contributed by atoms with E-state index in [1.807, 2.05) is 0 Å². The molecule has 1 aromatic heterocycles. The number of aryl methyl sites for hydroxylation is 1. The molecule has 20 heavy (non-hydrogen) atoms. The zero-order valence-electron chi connectivity index (χ0n) is 11.9. The van der Waals surface area contributed by atoms with Crippen LogP contribution < -0.4 is 0 Å². The van der Waals surface area contributed by atoms with Crippen molar-refractivity contribution in [2.45, 2.75) is 61.5 Å². The van der Waals surface area contributed by atoms with Crippen LogP contribution in [0.2, 0.25) is 0 Å². The number of hydrogen-bond donors (Lipinski definition) is 0. The molecule has 1 saturated carbocycles. The Balaban J connectivity index is 1.67. The summed E-state index contributed by atoms with van der Waals surface area (Å²) in [7, 11) is -1.56. The van der Waals surface area contributed by atoms with Crippen LogP contribution >= 0.6 is 0 Å². The fourth-order valence-corrected chi connectivity index (χ4v) is 4.91. The first-order valence-electron chi connectivity index (χ1n) is 7.38. The molecule has 6 heteroatoms. The summed E-state index contributed by atoms with van der Waals surface area (Å²) < 4.78 is 32.3. The van der Waals surface area contributed by atoms with Crippen molar-refractivity contribution >= 4 is 9.84 Å². The minimum absolute atomic E-state index is 0.0205. The molecule has 0 N–H and O–H groups in total. The van der Waals surface area contributed by atoms with Crippen LogP contribution in [-0.2, 0) is 21.6 Å². The Morgan fingerprint density at radius 3 is 2.75 bits per heavy atom. The van der Waals surface area contributed by atoms with Gasteiger partial charge in [-0.1, -0.05) is 19.3 Å². The predicted molar refractivity (Wildman–Crippen MR) is 75.2 cm³/mol. The highest BCUT2D eigenvalue weighted by Crippen LogP contribution is 2.42. The summed E-state index contributed by atoms with van der Waals surface area (Å²) >= 11 is 0. The minimum atomic E-state index is -3.29. The molecule has 1 saturated heterocycles. The SMILES string of the molecule is Cn1cc(S(=O)(=O)C[C@@H]2CCC3(CCCCC3)O2)cn1. The van der Waals surface area contributed by atoms with Gasteiger partial charge in [-0.15, -0.1) is 0 Å². The molecule has 0 radical (unpaired) electrons. The maximum atomic E-state index is 12.3. The summed E-state index contributed by atoms with van der Waals surface area (Å²) in [5.41, 5.74) is -0.0205. The summed E-state index contributed by atoms with van der Waals surface area (Å²) in [6.07, 6.45) is 10.6. The van der Waals surface area contributed by atoms with E-state index in [4.69, 9.17) is 4.74 Å². The molecule has 112 valence electrons. The average Bonchev–Trinajstić information content (AvgIpc) is 2.98. The lowest BCUT2D eigenvalue weighted by atomic mass is 9.83. The van der Waals surface area contributed by atoms with E-state index in [1.54, 1.807) is 13.2 Å². The molecule has 1 aromatic rings. The van der Waals surface area contributed by atoms with Gasteiger partial charge < -0.3 is 4.74 Å². The Morgan fingerprint density at radius 1 is 1.35 bits per heavy atom. The molecule has 0 amide bonds. The van der Waals surface area contributed by atoms with Crippen LogP contribution in [0.4, 0.5) is 0 Å². The number of sulfone groups is 1. The Labute approximate surface area is 120 Å². The Morgan fingerprint density at radius 2 is 2.10 bits per heavy atom. The van der Waals surface area contributed by atoms with E-state index in [0.717, 1.165) is 25.7 Å². The van der Waals surface area contributed by atoms with Gasteiger partial charge in [0.1, 0.15) is 4.90 Å². The lowest BCUT2D eigenvalue weighted by Gasteiger charge is -2.33. The van der Waals surface area contributed by atoms with Gasteiger partial charge >= 0.3 is 0 Å². The van der Waals surface area contributed by atoms with E-state index >= 15 is 0 Å². The predicted octanol–water partition coefficient (Wildman–Crippen LogP) is 2.08. The van der Waals surface area contributed by atoms with Crippen LogP contribution in [0.5, 0.6) is 0 Å². The van der Waals surface area contributed by atoms with Crippen molar-refractivity contribution in [3.05, 3.63) is 12.4 Å². The quantitative estimate of drug-likeness (QED) is 0.857. The van der Waals surface area contributed by atoms with Crippen molar-refractivity contribution in [2.24, 2.45) is 7.05 Å². The standard InChI is InChI=1S/C14H22N2O3S/c1-16-10-13(9-15-16)20(17,18)11-12-5-8-14(19-12)6-3-2-4-7-14/h9-10,12H,2-8,11H2,1H3/t12-/m0/s1. The molecule has 2 heterocycles. The minimum Gasteiger partial charge on any atom is -0.371 e. The molecule has 1 aliphatic carbocycles. The number of hydrogen-bond acceptors (Lipinski definition) is 4. The van der Waals surface area contributed by atoms with Gasteiger partial charge in [0.25, 0.3) is 0 Å². The molecule has 0 aromatic carbocycles. The monoisotopic (exact) mass is 298 g/mol. The van der Waals surface area contributed by atoms with Gasteiger partial charge in [0, 0.05) is 13.2 Å². The molecule has 2 fully saturated rings. The molecule has 1 atom stereocenters. The Hall–Kier alpha value is -0.880. The summed E-state index contributed by atoms with van der Waals surface area (Å²) in [5, 5.41) is 3.94. The van der Waals surface area contributed by atoms with Crippen LogP contribution in [0.15, 0.2) is 17.3 Å². The van der Waals surface area contributed by atoms with Gasteiger partial charge in [0.15, 0.2) is 9.84 Å². The van der Waals surface area contributed by atoms with Crippen LogP contribution in [-0.4, -0.2) is 35.7 Å². The second-order valence-electron chi connectivity index (χ2n) is 6.15. The van der Waals surface area contributed by atoms with E-state index in [0.29, 0.717) is 4.90 Å². The molecule has 1 spiro atoms. The van der Waals surface area contributed by atoms with E-state index < -0.39 is 9.84 Å². The largest absolute Gasteiger partial charge is 0.371 e. The second kappa shape index (κ2) is 5.15. The normalized spacial score (nSPS) is 26.1. The van der Waals surface area contributed by atoms with Crippen molar-refractivity contribution in [1.29, 1.82) is 0 Å². The lowest BCUT2D eigenvalue weighted by molar-refractivity contribution is -0.0559. The van der Waals surface area contributed by atoms with E-state index in [1.165, 1.54) is 30.1 Å². The molecule has 0 bridgehead atoms. The fraction of sp³-hybridized carbons (Fsp3) is 0.786. The summed E-state index contributed by atoms with van der Waals surface area (Å²) in [5.74, 6) is 0.0838. The highest BCUT2D eigenvalue weighted by atomic mass is 32.2. The highest BCUT2D eigenvalue weighted by molar-refractivity contribution is 7.91. The van der Waals surface area contributed by atoms with Gasteiger partial charge in [0.2, 0.25) is 0 Å². The molecule has 1 aliphatic heterocycles. The summed E-state index contributed by atoms with van der Waals surface area (Å²) in [6.45, 7) is 0. The number of nitrogens with zero attached hydrogens (tertiary/aromatic N) is 2. The average molecular weight is 298 g/mol. The summed E-state index contributed by atoms with van der Waals surface area (Å²) in [4.78, 5) is 0.299. The third-order valence-electron chi connectivity index (χ3n) is 4.55. The number of ether oxygens (including phenoxy) is 1. The number of aromatic nitrogens is 2. The highest BCUT2D eigenvalue weighted by Gasteiger charge is 2.42. The molecular weight excluding hydrogens is 276 g/mol. The van der Waals surface area contributed by atoms with Crippen molar-refractivity contribution in [3.8, 4) is 0 Å². The first-order valence-corrected chi connectivity index (χ1v) is 9.04. The van der Waals surface area contributed by atoms with Gasteiger partial charge in [-0.25, -0.2) is 8.42 Å². The molecule has 3 rings (SSSR count). The van der Waals surface area contributed by atoms with Crippen molar-refractivity contribution in [1.82, 2.24) is 9.78 Å². The van der Waals surface area contributed by atoms with E-state index in [9.17, 15) is 8.42 Å². The third kappa shape index (κ3) is 2.76. The van der Waals surface area contributed by atoms with Crippen LogP contribution in [0.1, 0.15) is 44.9 Å². The maximum Gasteiger partial charge on any atom is 0.184 e. The molecule has 5 nitrogen and oxygen atoms in total. The van der Waals surface area contributed by atoms with Gasteiger partial charge in [-0.3, -0.25) is 4.68 Å². The lowest BCUT2D eigenvalue weighted by Crippen LogP contribution is -2.33. The second-order valence-corrected chi connectivity index (χ2v) is 8.19. The third-order valence-corrected chi connectivity index (χ3v) is 6.29. The number of rotatable bonds is 3. The maximum absolute atomic E-state index is 12.3. The van der Waals surface area contributed by atoms with Crippen LogP contribution in [0, 0.1) is 0 Å². The van der Waals surface area contributed by atoms with Crippen LogP contribution in [0.3, 0.4) is 0 Å². The van der Waals surface area contributed by atoms with Gasteiger partial charge in [0.05, 0.1) is 23.7 Å². The van der Waals surface area contributed by atoms with Gasteiger partial charge in [-0.05, 0) is 25.7 Å². The topological polar surface area (TPSA) is 61.2 Å². The first-order chi connectivity index (χ1) is 9.49. The zero-order chi connectivity index (χ0) is 14.2. The van der Waals surface area contributed by atoms with Crippen molar-refractivity contribution in [2.75, 3.05) is 5.75 Å². The van der Waals surface area contributed by atoms with E-state index in [-0.39, 0.29) is 17.5 Å². The smallest absolute Gasteiger partial charge is 0.184 e. The first kappa shape index (κ1) is 14.1. The van der Waals surface area contributed by atoms with Crippen molar-refractivity contribution < 1.29 is 13.2 Å². The Kier molecular flexibility index (Phi) is 3.62. The summed E-state index contributed by atoms with van der Waals surface area (Å²) in [6, 6.07) is 0. The van der Waals surface area contributed by atoms with Crippen LogP contribution in [0.25, 0.3) is 0 Å². The Bertz CT molecular complexity index is 573. The van der Waals surface area contributed by atoms with E-state index in [2.05, 4.69) is 5.10 Å².